The Morgan fingerprint density at radius 2 is 2.00 bits per heavy atom. The molecule has 0 aliphatic heterocycles. The van der Waals surface area contributed by atoms with Gasteiger partial charge in [0.15, 0.2) is 5.78 Å². The molecule has 0 heterocycles. The zero-order chi connectivity index (χ0) is 13.5. The van der Waals surface area contributed by atoms with E-state index in [4.69, 9.17) is 0 Å². The third-order valence-electron chi connectivity index (χ3n) is 2.65. The molecule has 96 valence electrons. The van der Waals surface area contributed by atoms with Crippen molar-refractivity contribution in [1.29, 1.82) is 0 Å². The van der Waals surface area contributed by atoms with Crippen molar-refractivity contribution < 1.29 is 27.2 Å². The number of fused-ring (bicyclic) bond motifs is 1. The van der Waals surface area contributed by atoms with Crippen LogP contribution in [0.5, 0.6) is 0 Å². The summed E-state index contributed by atoms with van der Waals surface area (Å²) in [5.74, 6) is -3.47. The average Bonchev–Trinajstić information content (AvgIpc) is 2.56. The average molecular weight is 261 g/mol. The van der Waals surface area contributed by atoms with E-state index in [1.807, 2.05) is 0 Å². The summed E-state index contributed by atoms with van der Waals surface area (Å²) in [6.07, 6.45) is -5.42. The highest BCUT2D eigenvalue weighted by Gasteiger charge is 2.42. The third-order valence-corrected chi connectivity index (χ3v) is 2.65. The largest absolute Gasteiger partial charge is 0.471 e. The zero-order valence-electron chi connectivity index (χ0n) is 8.84. The number of carbonyl (C=O) groups is 2. The minimum atomic E-state index is -5.06. The molecule has 0 saturated heterocycles. The van der Waals surface area contributed by atoms with Crippen LogP contribution in [-0.4, -0.2) is 17.9 Å². The first-order chi connectivity index (χ1) is 8.30. The number of Topliss-reactive ketones (excluding diaryl/α,β-unsaturated/α-hetero) is 1. The molecule has 1 N–H and O–H groups in total. The maximum atomic E-state index is 13.5. The van der Waals surface area contributed by atoms with Gasteiger partial charge in [0, 0.05) is 17.5 Å². The molecular weight excluding hydrogens is 254 g/mol. The van der Waals surface area contributed by atoms with Gasteiger partial charge in [-0.2, -0.15) is 13.2 Å². The summed E-state index contributed by atoms with van der Waals surface area (Å²) in [4.78, 5) is 22.2. The molecule has 1 atom stereocenters. The molecule has 7 heteroatoms. The molecule has 0 radical (unpaired) electrons. The van der Waals surface area contributed by atoms with Crippen molar-refractivity contribution in [2.45, 2.75) is 18.6 Å². The fourth-order valence-electron chi connectivity index (χ4n) is 1.90. The first-order valence-corrected chi connectivity index (χ1v) is 5.00. The number of alkyl halides is 3. The van der Waals surface area contributed by atoms with E-state index in [0.29, 0.717) is 0 Å². The maximum absolute atomic E-state index is 13.5. The van der Waals surface area contributed by atoms with Crippen LogP contribution in [-0.2, 0) is 4.79 Å². The minimum absolute atomic E-state index is 0.0162. The lowest BCUT2D eigenvalue weighted by molar-refractivity contribution is -0.174. The van der Waals surface area contributed by atoms with Crippen LogP contribution in [0.3, 0.4) is 0 Å². The number of nitrogens with one attached hydrogen (secondary N) is 1. The van der Waals surface area contributed by atoms with Crippen molar-refractivity contribution in [2.24, 2.45) is 0 Å². The van der Waals surface area contributed by atoms with E-state index in [1.54, 1.807) is 5.32 Å². The van der Waals surface area contributed by atoms with Gasteiger partial charge in [0.1, 0.15) is 5.82 Å². The molecule has 0 spiro atoms. The number of ketones is 1. The molecule has 18 heavy (non-hydrogen) atoms. The number of carbonyl (C=O) groups excluding carboxylic acids is 2. The minimum Gasteiger partial charge on any atom is -0.341 e. The van der Waals surface area contributed by atoms with Crippen LogP contribution in [0.4, 0.5) is 17.6 Å². The fourth-order valence-corrected chi connectivity index (χ4v) is 1.90. The van der Waals surface area contributed by atoms with Crippen molar-refractivity contribution in [3.8, 4) is 0 Å². The standard InChI is InChI=1S/C11H7F4NO2/c12-6-3-1-2-5-8(17)4-7(9(5)6)16-10(18)11(13,14)15/h1-3,7H,4H2,(H,16,18)/t7-/m0/s1. The van der Waals surface area contributed by atoms with Crippen molar-refractivity contribution >= 4 is 11.7 Å². The summed E-state index contributed by atoms with van der Waals surface area (Å²) < 4.78 is 49.7. The molecule has 1 aromatic rings. The van der Waals surface area contributed by atoms with Gasteiger partial charge in [-0.25, -0.2) is 4.39 Å². The van der Waals surface area contributed by atoms with E-state index in [2.05, 4.69) is 0 Å². The summed E-state index contributed by atoms with van der Waals surface area (Å²) in [6, 6.07) is 2.38. The quantitative estimate of drug-likeness (QED) is 0.787. The van der Waals surface area contributed by atoms with E-state index in [1.165, 1.54) is 12.1 Å². The van der Waals surface area contributed by atoms with Crippen LogP contribution in [0, 0.1) is 5.82 Å². The Labute approximate surface area is 98.8 Å². The molecule has 1 aliphatic rings. The summed E-state index contributed by atoms with van der Waals surface area (Å²) in [6.45, 7) is 0. The number of hydrogen-bond donors (Lipinski definition) is 1. The van der Waals surface area contributed by atoms with Gasteiger partial charge in [0.05, 0.1) is 6.04 Å². The molecule has 0 saturated carbocycles. The van der Waals surface area contributed by atoms with Gasteiger partial charge in [0.25, 0.3) is 0 Å². The zero-order valence-corrected chi connectivity index (χ0v) is 8.84. The smallest absolute Gasteiger partial charge is 0.341 e. The Bertz CT molecular complexity index is 524. The highest BCUT2D eigenvalue weighted by atomic mass is 19.4. The monoisotopic (exact) mass is 261 g/mol. The Morgan fingerprint density at radius 1 is 1.33 bits per heavy atom. The van der Waals surface area contributed by atoms with Crippen molar-refractivity contribution in [3.63, 3.8) is 0 Å². The van der Waals surface area contributed by atoms with Crippen molar-refractivity contribution in [1.82, 2.24) is 5.32 Å². The lowest BCUT2D eigenvalue weighted by atomic mass is 10.1. The number of halogens is 4. The molecule has 0 bridgehead atoms. The Balaban J connectivity index is 2.30. The van der Waals surface area contributed by atoms with Gasteiger partial charge in [0.2, 0.25) is 0 Å². The lowest BCUT2D eigenvalue weighted by Gasteiger charge is -2.15. The number of hydrogen-bond acceptors (Lipinski definition) is 2. The highest BCUT2D eigenvalue weighted by molar-refractivity contribution is 6.02. The Morgan fingerprint density at radius 3 is 2.61 bits per heavy atom. The van der Waals surface area contributed by atoms with Crippen LogP contribution in [0.15, 0.2) is 18.2 Å². The van der Waals surface area contributed by atoms with Crippen LogP contribution in [0.25, 0.3) is 0 Å². The predicted molar refractivity (Wildman–Crippen MR) is 52.3 cm³/mol. The predicted octanol–water partition coefficient (Wildman–Crippen LogP) is 2.13. The van der Waals surface area contributed by atoms with Crippen LogP contribution < -0.4 is 5.32 Å². The third kappa shape index (κ3) is 2.07. The van der Waals surface area contributed by atoms with E-state index >= 15 is 0 Å². The van der Waals surface area contributed by atoms with Gasteiger partial charge in [-0.15, -0.1) is 0 Å². The first-order valence-electron chi connectivity index (χ1n) is 5.00. The Kier molecular flexibility index (Phi) is 2.84. The molecule has 0 unspecified atom stereocenters. The molecular formula is C11H7F4NO2. The van der Waals surface area contributed by atoms with Crippen LogP contribution in [0.1, 0.15) is 28.4 Å². The second-order valence-electron chi connectivity index (χ2n) is 3.85. The second kappa shape index (κ2) is 4.08. The molecule has 1 aromatic carbocycles. The summed E-state index contributed by atoms with van der Waals surface area (Å²) >= 11 is 0. The lowest BCUT2D eigenvalue weighted by Crippen LogP contribution is -2.38. The van der Waals surface area contributed by atoms with E-state index in [0.717, 1.165) is 6.07 Å². The van der Waals surface area contributed by atoms with Crippen molar-refractivity contribution in [3.05, 3.63) is 35.1 Å². The van der Waals surface area contributed by atoms with Crippen LogP contribution in [0.2, 0.25) is 0 Å². The molecule has 0 aromatic heterocycles. The topological polar surface area (TPSA) is 46.2 Å². The SMILES string of the molecule is O=C1C[C@H](NC(=O)C(F)(F)F)c2c(F)cccc21. The summed E-state index contributed by atoms with van der Waals surface area (Å²) in [5, 5.41) is 1.62. The second-order valence-corrected chi connectivity index (χ2v) is 3.85. The van der Waals surface area contributed by atoms with Gasteiger partial charge in [-0.05, 0) is 6.07 Å². The van der Waals surface area contributed by atoms with Gasteiger partial charge in [-0.1, -0.05) is 12.1 Å². The van der Waals surface area contributed by atoms with E-state index in [-0.39, 0.29) is 17.5 Å². The van der Waals surface area contributed by atoms with Crippen molar-refractivity contribution in [2.75, 3.05) is 0 Å². The summed E-state index contributed by atoms with van der Waals surface area (Å²) in [7, 11) is 0. The maximum Gasteiger partial charge on any atom is 0.471 e. The number of amides is 1. The van der Waals surface area contributed by atoms with E-state index < -0.39 is 29.7 Å². The van der Waals surface area contributed by atoms with Gasteiger partial charge >= 0.3 is 12.1 Å². The highest BCUT2D eigenvalue weighted by Crippen LogP contribution is 2.33. The molecule has 1 amide bonds. The molecule has 3 nitrogen and oxygen atoms in total. The van der Waals surface area contributed by atoms with Gasteiger partial charge < -0.3 is 5.32 Å². The Hall–Kier alpha value is -1.92. The number of rotatable bonds is 1. The molecule has 1 aliphatic carbocycles. The number of benzene rings is 1. The normalized spacial score (nSPS) is 18.7. The molecule has 2 rings (SSSR count). The van der Waals surface area contributed by atoms with Crippen LogP contribution >= 0.6 is 0 Å². The fraction of sp³-hybridized carbons (Fsp3) is 0.273. The summed E-state index contributed by atoms with van der Waals surface area (Å²) in [5.41, 5.74) is -0.164. The van der Waals surface area contributed by atoms with E-state index in [9.17, 15) is 27.2 Å². The molecule has 0 fully saturated rings. The first kappa shape index (κ1) is 12.5. The van der Waals surface area contributed by atoms with Gasteiger partial charge in [-0.3, -0.25) is 9.59 Å².